The molecule has 23 heavy (non-hydrogen) atoms. The van der Waals surface area contributed by atoms with E-state index in [9.17, 15) is 4.79 Å². The molecule has 122 valence electrons. The second kappa shape index (κ2) is 7.85. The minimum absolute atomic E-state index is 0.0545. The lowest BCUT2D eigenvalue weighted by Crippen LogP contribution is -2.05. The highest BCUT2D eigenvalue weighted by molar-refractivity contribution is 7.09. The van der Waals surface area contributed by atoms with Crippen LogP contribution in [0.25, 0.3) is 0 Å². The molecule has 7 nitrogen and oxygen atoms in total. The van der Waals surface area contributed by atoms with E-state index >= 15 is 0 Å². The van der Waals surface area contributed by atoms with Gasteiger partial charge in [-0.05, 0) is 20.8 Å². The number of ether oxygens (including phenoxy) is 2. The van der Waals surface area contributed by atoms with Gasteiger partial charge < -0.3 is 9.47 Å². The third-order valence-corrected chi connectivity index (χ3v) is 4.08. The van der Waals surface area contributed by atoms with Crippen molar-refractivity contribution in [1.29, 1.82) is 5.26 Å². The van der Waals surface area contributed by atoms with E-state index in [-0.39, 0.29) is 24.0 Å². The number of thiazole rings is 1. The zero-order valence-electron chi connectivity index (χ0n) is 13.3. The monoisotopic (exact) mass is 334 g/mol. The Kier molecular flexibility index (Phi) is 5.84. The van der Waals surface area contributed by atoms with E-state index in [0.717, 1.165) is 10.7 Å². The molecule has 0 saturated carbocycles. The van der Waals surface area contributed by atoms with Gasteiger partial charge in [-0.15, -0.1) is 11.3 Å². The van der Waals surface area contributed by atoms with Crippen LogP contribution >= 0.6 is 11.3 Å². The summed E-state index contributed by atoms with van der Waals surface area (Å²) in [5.41, 5.74) is 1.04. The number of aromatic nitrogens is 3. The number of nitrogens with zero attached hydrogens (tertiary/aromatic N) is 4. The quantitative estimate of drug-likeness (QED) is 0.723. The molecule has 2 heterocycles. The average Bonchev–Trinajstić information content (AvgIpc) is 3.15. The predicted molar refractivity (Wildman–Crippen MR) is 84.2 cm³/mol. The normalized spacial score (nSPS) is 11.9. The minimum Gasteiger partial charge on any atom is -0.462 e. The van der Waals surface area contributed by atoms with Gasteiger partial charge in [0.2, 0.25) is 0 Å². The summed E-state index contributed by atoms with van der Waals surface area (Å²) in [6, 6.07) is 1.91. The van der Waals surface area contributed by atoms with Crippen LogP contribution in [0.15, 0.2) is 11.6 Å². The molecule has 0 bridgehead atoms. The number of nitriles is 1. The molecule has 8 heteroatoms. The summed E-state index contributed by atoms with van der Waals surface area (Å²) in [6.07, 6.45) is 1.46. The lowest BCUT2D eigenvalue weighted by Gasteiger charge is -2.06. The Labute approximate surface area is 138 Å². The molecule has 2 rings (SSSR count). The summed E-state index contributed by atoms with van der Waals surface area (Å²) in [4.78, 5) is 16.3. The molecule has 1 unspecified atom stereocenters. The number of esters is 1. The standard InChI is InChI=1S/C15H18N4O3S/c1-4-21-10(3)14-17-11(9-23-14)7-19-8-12(13(6-16)18-19)15(20)22-5-2/h8-10H,4-5,7H2,1-3H3. The Balaban J connectivity index is 2.15. The van der Waals surface area contributed by atoms with Gasteiger partial charge in [0.15, 0.2) is 5.69 Å². The van der Waals surface area contributed by atoms with Crippen LogP contribution in [0.2, 0.25) is 0 Å². The maximum Gasteiger partial charge on any atom is 0.342 e. The highest BCUT2D eigenvalue weighted by Crippen LogP contribution is 2.21. The smallest absolute Gasteiger partial charge is 0.342 e. The Morgan fingerprint density at radius 1 is 1.48 bits per heavy atom. The van der Waals surface area contributed by atoms with Gasteiger partial charge in [0, 0.05) is 18.2 Å². The highest BCUT2D eigenvalue weighted by atomic mass is 32.1. The van der Waals surface area contributed by atoms with Crippen LogP contribution in [0.4, 0.5) is 0 Å². The third-order valence-electron chi connectivity index (χ3n) is 3.02. The van der Waals surface area contributed by atoms with Crippen LogP contribution in [0.3, 0.4) is 0 Å². The molecular formula is C15H18N4O3S. The van der Waals surface area contributed by atoms with Crippen molar-refractivity contribution in [2.45, 2.75) is 33.4 Å². The maximum absolute atomic E-state index is 11.8. The average molecular weight is 334 g/mol. The molecule has 0 aliphatic heterocycles. The first kappa shape index (κ1) is 17.1. The van der Waals surface area contributed by atoms with Crippen LogP contribution in [-0.4, -0.2) is 33.9 Å². The van der Waals surface area contributed by atoms with Crippen molar-refractivity contribution in [1.82, 2.24) is 14.8 Å². The molecule has 2 aromatic heterocycles. The Morgan fingerprint density at radius 2 is 2.26 bits per heavy atom. The molecule has 0 spiro atoms. The first-order valence-corrected chi connectivity index (χ1v) is 8.17. The third kappa shape index (κ3) is 4.15. The van der Waals surface area contributed by atoms with Crippen molar-refractivity contribution in [2.24, 2.45) is 0 Å². The Hall–Kier alpha value is -2.24. The van der Waals surface area contributed by atoms with E-state index in [1.807, 2.05) is 25.3 Å². The van der Waals surface area contributed by atoms with E-state index in [2.05, 4.69) is 10.1 Å². The van der Waals surface area contributed by atoms with Crippen molar-refractivity contribution in [3.63, 3.8) is 0 Å². The Bertz CT molecular complexity index is 717. The molecule has 1 atom stereocenters. The number of carbonyl (C=O) groups is 1. The second-order valence-electron chi connectivity index (χ2n) is 4.70. The predicted octanol–water partition coefficient (Wildman–Crippen LogP) is 2.53. The summed E-state index contributed by atoms with van der Waals surface area (Å²) < 4.78 is 12.0. The zero-order valence-corrected chi connectivity index (χ0v) is 14.1. The van der Waals surface area contributed by atoms with Crippen LogP contribution in [0.5, 0.6) is 0 Å². The largest absolute Gasteiger partial charge is 0.462 e. The van der Waals surface area contributed by atoms with Gasteiger partial charge in [-0.1, -0.05) is 0 Å². The molecule has 0 N–H and O–H groups in total. The molecular weight excluding hydrogens is 316 g/mol. The summed E-state index contributed by atoms with van der Waals surface area (Å²) in [7, 11) is 0. The van der Waals surface area contributed by atoms with Crippen LogP contribution < -0.4 is 0 Å². The van der Waals surface area contributed by atoms with Crippen molar-refractivity contribution in [3.05, 3.63) is 33.5 Å². The van der Waals surface area contributed by atoms with Gasteiger partial charge in [-0.25, -0.2) is 9.78 Å². The molecule has 0 radical (unpaired) electrons. The summed E-state index contributed by atoms with van der Waals surface area (Å²) >= 11 is 1.51. The molecule has 0 aliphatic rings. The van der Waals surface area contributed by atoms with E-state index in [1.54, 1.807) is 6.92 Å². The van der Waals surface area contributed by atoms with Gasteiger partial charge in [-0.3, -0.25) is 4.68 Å². The molecule has 2 aromatic rings. The SMILES string of the molecule is CCOC(=O)c1cn(Cc2csc(C(C)OCC)n2)nc1C#N. The van der Waals surface area contributed by atoms with Gasteiger partial charge in [0.1, 0.15) is 22.7 Å². The highest BCUT2D eigenvalue weighted by Gasteiger charge is 2.18. The minimum atomic E-state index is -0.542. The van der Waals surface area contributed by atoms with E-state index in [1.165, 1.54) is 22.2 Å². The molecule has 0 saturated heterocycles. The van der Waals surface area contributed by atoms with E-state index < -0.39 is 5.97 Å². The van der Waals surface area contributed by atoms with Crippen LogP contribution in [-0.2, 0) is 16.0 Å². The molecule has 0 aromatic carbocycles. The number of carbonyl (C=O) groups excluding carboxylic acids is 1. The maximum atomic E-state index is 11.8. The van der Waals surface area contributed by atoms with Crippen molar-refractivity contribution in [2.75, 3.05) is 13.2 Å². The van der Waals surface area contributed by atoms with Crippen LogP contribution in [0.1, 0.15) is 53.6 Å². The summed E-state index contributed by atoms with van der Waals surface area (Å²) in [5.74, 6) is -0.542. The van der Waals surface area contributed by atoms with Crippen LogP contribution in [0, 0.1) is 11.3 Å². The molecule has 0 fully saturated rings. The van der Waals surface area contributed by atoms with Crippen molar-refractivity contribution >= 4 is 17.3 Å². The van der Waals surface area contributed by atoms with E-state index in [4.69, 9.17) is 14.7 Å². The lowest BCUT2D eigenvalue weighted by atomic mass is 10.3. The fraction of sp³-hybridized carbons (Fsp3) is 0.467. The summed E-state index contributed by atoms with van der Waals surface area (Å²) in [6.45, 7) is 6.86. The molecule has 0 amide bonds. The molecule has 0 aliphatic carbocycles. The zero-order chi connectivity index (χ0) is 16.8. The van der Waals surface area contributed by atoms with Gasteiger partial charge in [0.05, 0.1) is 18.8 Å². The topological polar surface area (TPSA) is 90.0 Å². The summed E-state index contributed by atoms with van der Waals surface area (Å²) in [5, 5.41) is 16.0. The van der Waals surface area contributed by atoms with Crippen molar-refractivity contribution in [3.8, 4) is 6.07 Å². The van der Waals surface area contributed by atoms with Gasteiger partial charge in [-0.2, -0.15) is 10.4 Å². The second-order valence-corrected chi connectivity index (χ2v) is 5.59. The number of rotatable bonds is 7. The Morgan fingerprint density at radius 3 is 2.91 bits per heavy atom. The fourth-order valence-corrected chi connectivity index (χ4v) is 2.83. The lowest BCUT2D eigenvalue weighted by molar-refractivity contribution is 0.0526. The number of hydrogen-bond acceptors (Lipinski definition) is 7. The van der Waals surface area contributed by atoms with Crippen molar-refractivity contribution < 1.29 is 14.3 Å². The van der Waals surface area contributed by atoms with E-state index in [0.29, 0.717) is 13.2 Å². The first-order valence-electron chi connectivity index (χ1n) is 7.29. The fourth-order valence-electron chi connectivity index (χ4n) is 2.01. The van der Waals surface area contributed by atoms with Gasteiger partial charge >= 0.3 is 5.97 Å². The number of hydrogen-bond donors (Lipinski definition) is 0. The van der Waals surface area contributed by atoms with Gasteiger partial charge in [0.25, 0.3) is 0 Å². The first-order chi connectivity index (χ1) is 11.1.